The van der Waals surface area contributed by atoms with Crippen LogP contribution >= 0.6 is 0 Å². The quantitative estimate of drug-likeness (QED) is 0.0262. The minimum absolute atomic E-state index is 0.0750. The summed E-state index contributed by atoms with van der Waals surface area (Å²) in [5.41, 5.74) is 0. The van der Waals surface area contributed by atoms with Gasteiger partial charge >= 0.3 is 17.9 Å². The molecule has 0 heterocycles. The molecule has 0 bridgehead atoms. The van der Waals surface area contributed by atoms with Gasteiger partial charge in [0, 0.05) is 19.3 Å². The Balaban J connectivity index is 4.38. The van der Waals surface area contributed by atoms with Gasteiger partial charge in [-0.3, -0.25) is 14.4 Å². The topological polar surface area (TPSA) is 78.9 Å². The van der Waals surface area contributed by atoms with Crippen molar-refractivity contribution < 1.29 is 28.6 Å². The van der Waals surface area contributed by atoms with Crippen molar-refractivity contribution in [1.82, 2.24) is 0 Å². The molecule has 0 spiro atoms. The molecule has 0 N–H and O–H groups in total. The molecule has 1 atom stereocenters. The maximum absolute atomic E-state index is 12.8. The van der Waals surface area contributed by atoms with E-state index in [1.807, 2.05) is 0 Å². The van der Waals surface area contributed by atoms with Gasteiger partial charge in [-0.05, 0) is 57.8 Å². The van der Waals surface area contributed by atoms with Gasteiger partial charge in [-0.1, -0.05) is 237 Å². The van der Waals surface area contributed by atoms with Crippen LogP contribution in [-0.4, -0.2) is 37.2 Å². The van der Waals surface area contributed by atoms with Crippen molar-refractivity contribution in [3.05, 3.63) is 36.5 Å². The molecular weight excluding hydrogens is 757 g/mol. The van der Waals surface area contributed by atoms with E-state index in [0.29, 0.717) is 19.3 Å². The standard InChI is InChI=1S/C55H100O6/c1-4-7-10-13-16-19-22-25-26-27-28-31-33-36-39-42-45-48-54(57)60-51-52(61-55(58)49-46-43-40-37-34-30-24-21-18-15-12-9-6-3)50-59-53(56)47-44-41-38-35-32-29-23-20-17-14-11-8-5-2/h16,19,25-26,28,31,52H,4-15,17-18,20-24,27,29-30,32-51H2,1-3H3/b19-16+,26-25+,31-28+/t52-/m1/s1. The fourth-order valence-electron chi connectivity index (χ4n) is 7.63. The highest BCUT2D eigenvalue weighted by Crippen LogP contribution is 2.16. The number of hydrogen-bond acceptors (Lipinski definition) is 6. The van der Waals surface area contributed by atoms with E-state index in [0.717, 1.165) is 83.5 Å². The van der Waals surface area contributed by atoms with Gasteiger partial charge in [-0.2, -0.15) is 0 Å². The zero-order chi connectivity index (χ0) is 44.4. The molecule has 0 saturated carbocycles. The summed E-state index contributed by atoms with van der Waals surface area (Å²) in [5.74, 6) is -0.885. The minimum Gasteiger partial charge on any atom is -0.462 e. The normalized spacial score (nSPS) is 12.2. The average molecular weight is 857 g/mol. The van der Waals surface area contributed by atoms with E-state index in [4.69, 9.17) is 14.2 Å². The maximum atomic E-state index is 12.8. The predicted molar refractivity (Wildman–Crippen MR) is 261 cm³/mol. The summed E-state index contributed by atoms with van der Waals surface area (Å²) in [6, 6.07) is 0. The Morgan fingerprint density at radius 2 is 0.590 bits per heavy atom. The number of unbranched alkanes of at least 4 members (excludes halogenated alkanes) is 31. The lowest BCUT2D eigenvalue weighted by atomic mass is 10.0. The third-order valence-electron chi connectivity index (χ3n) is 11.6. The molecule has 0 aliphatic heterocycles. The molecule has 0 aliphatic carbocycles. The Bertz CT molecular complexity index is 1030. The predicted octanol–water partition coefficient (Wildman–Crippen LogP) is 17.3. The van der Waals surface area contributed by atoms with Gasteiger partial charge in [-0.25, -0.2) is 0 Å². The van der Waals surface area contributed by atoms with E-state index in [1.165, 1.54) is 154 Å². The Morgan fingerprint density at radius 3 is 0.951 bits per heavy atom. The molecule has 6 nitrogen and oxygen atoms in total. The zero-order valence-corrected chi connectivity index (χ0v) is 40.7. The molecule has 356 valence electrons. The fourth-order valence-corrected chi connectivity index (χ4v) is 7.63. The van der Waals surface area contributed by atoms with Gasteiger partial charge in [0.25, 0.3) is 0 Å². The first-order valence-corrected chi connectivity index (χ1v) is 26.5. The van der Waals surface area contributed by atoms with Crippen LogP contribution in [0.2, 0.25) is 0 Å². The van der Waals surface area contributed by atoms with Gasteiger partial charge < -0.3 is 14.2 Å². The van der Waals surface area contributed by atoms with E-state index in [1.54, 1.807) is 0 Å². The summed E-state index contributed by atoms with van der Waals surface area (Å²) in [5, 5.41) is 0. The maximum Gasteiger partial charge on any atom is 0.306 e. The first-order chi connectivity index (χ1) is 30.0. The number of hydrogen-bond donors (Lipinski definition) is 0. The van der Waals surface area contributed by atoms with Crippen molar-refractivity contribution in [2.24, 2.45) is 0 Å². The SMILES string of the molecule is CCCCC/C=C/C/C=C/C/C=C/CCCCCCC(=O)OC[C@@H](COC(=O)CCCCCCCCCCCCCCC)OC(=O)CCCCCCCCCCCCCCC. The summed E-state index contributed by atoms with van der Waals surface area (Å²) >= 11 is 0. The number of carbonyl (C=O) groups is 3. The van der Waals surface area contributed by atoms with Crippen molar-refractivity contribution in [3.63, 3.8) is 0 Å². The van der Waals surface area contributed by atoms with Crippen LogP contribution < -0.4 is 0 Å². The van der Waals surface area contributed by atoms with Crippen molar-refractivity contribution in [3.8, 4) is 0 Å². The number of esters is 3. The van der Waals surface area contributed by atoms with E-state index in [9.17, 15) is 14.4 Å². The van der Waals surface area contributed by atoms with E-state index in [-0.39, 0.29) is 31.1 Å². The summed E-state index contributed by atoms with van der Waals surface area (Å²) in [4.78, 5) is 38.0. The fraction of sp³-hybridized carbons (Fsp3) is 0.836. The number of rotatable bonds is 48. The third-order valence-corrected chi connectivity index (χ3v) is 11.6. The van der Waals surface area contributed by atoms with Gasteiger partial charge in [0.05, 0.1) is 0 Å². The first-order valence-electron chi connectivity index (χ1n) is 26.5. The monoisotopic (exact) mass is 857 g/mol. The van der Waals surface area contributed by atoms with Crippen LogP contribution in [0.5, 0.6) is 0 Å². The summed E-state index contributed by atoms with van der Waals surface area (Å²) < 4.78 is 16.8. The van der Waals surface area contributed by atoms with Crippen molar-refractivity contribution in [1.29, 1.82) is 0 Å². The van der Waals surface area contributed by atoms with Crippen molar-refractivity contribution >= 4 is 17.9 Å². The molecule has 0 fully saturated rings. The second-order valence-corrected chi connectivity index (χ2v) is 17.8. The second-order valence-electron chi connectivity index (χ2n) is 17.8. The van der Waals surface area contributed by atoms with Crippen LogP contribution in [-0.2, 0) is 28.6 Å². The molecule has 0 aromatic heterocycles. The Morgan fingerprint density at radius 1 is 0.328 bits per heavy atom. The average Bonchev–Trinajstić information content (AvgIpc) is 3.26. The molecule has 0 saturated heterocycles. The molecule has 0 aromatic carbocycles. The lowest BCUT2D eigenvalue weighted by Gasteiger charge is -2.18. The van der Waals surface area contributed by atoms with Gasteiger partial charge in [-0.15, -0.1) is 0 Å². The van der Waals surface area contributed by atoms with Gasteiger partial charge in [0.2, 0.25) is 0 Å². The third kappa shape index (κ3) is 48.5. The molecule has 0 aromatic rings. The molecule has 0 aliphatic rings. The Kier molecular flexibility index (Phi) is 48.3. The van der Waals surface area contributed by atoms with Crippen molar-refractivity contribution in [2.75, 3.05) is 13.2 Å². The molecule has 0 rings (SSSR count). The molecule has 6 heteroatoms. The number of ether oxygens (including phenoxy) is 3. The zero-order valence-electron chi connectivity index (χ0n) is 40.7. The van der Waals surface area contributed by atoms with E-state index in [2.05, 4.69) is 57.2 Å². The smallest absolute Gasteiger partial charge is 0.306 e. The lowest BCUT2D eigenvalue weighted by molar-refractivity contribution is -0.167. The number of allylic oxidation sites excluding steroid dienone is 6. The summed E-state index contributed by atoms with van der Waals surface area (Å²) in [6.45, 7) is 6.61. The van der Waals surface area contributed by atoms with Crippen LogP contribution in [0.1, 0.15) is 278 Å². The molecular formula is C55H100O6. The highest BCUT2D eigenvalue weighted by Gasteiger charge is 2.19. The van der Waals surface area contributed by atoms with Gasteiger partial charge in [0.1, 0.15) is 13.2 Å². The minimum atomic E-state index is -0.775. The van der Waals surface area contributed by atoms with E-state index >= 15 is 0 Å². The van der Waals surface area contributed by atoms with Crippen LogP contribution in [0, 0.1) is 0 Å². The lowest BCUT2D eigenvalue weighted by Crippen LogP contribution is -2.30. The van der Waals surface area contributed by atoms with Crippen LogP contribution in [0.3, 0.4) is 0 Å². The molecule has 0 unspecified atom stereocenters. The Hall–Kier alpha value is -2.37. The molecule has 0 amide bonds. The summed E-state index contributed by atoms with van der Waals surface area (Å²) in [7, 11) is 0. The van der Waals surface area contributed by atoms with Crippen LogP contribution in [0.25, 0.3) is 0 Å². The number of carbonyl (C=O) groups excluding carboxylic acids is 3. The Labute approximate surface area is 378 Å². The van der Waals surface area contributed by atoms with E-state index < -0.39 is 6.10 Å². The first kappa shape index (κ1) is 58.6. The highest BCUT2D eigenvalue weighted by atomic mass is 16.6. The van der Waals surface area contributed by atoms with Gasteiger partial charge in [0.15, 0.2) is 6.10 Å². The molecule has 61 heavy (non-hydrogen) atoms. The van der Waals surface area contributed by atoms with Crippen LogP contribution in [0.4, 0.5) is 0 Å². The molecule has 0 radical (unpaired) electrons. The summed E-state index contributed by atoms with van der Waals surface area (Å²) in [6.07, 6.45) is 58.3. The largest absolute Gasteiger partial charge is 0.462 e. The second kappa shape index (κ2) is 50.3. The highest BCUT2D eigenvalue weighted by molar-refractivity contribution is 5.71. The van der Waals surface area contributed by atoms with Crippen molar-refractivity contribution in [2.45, 2.75) is 284 Å². The van der Waals surface area contributed by atoms with Crippen LogP contribution in [0.15, 0.2) is 36.5 Å².